The van der Waals surface area contributed by atoms with E-state index in [1.54, 1.807) is 0 Å². The second-order valence-electron chi connectivity index (χ2n) is 6.81. The maximum atomic E-state index is 11.9. The first-order valence-corrected chi connectivity index (χ1v) is 7.64. The molecule has 2 saturated carbocycles. The molecule has 2 fully saturated rings. The molecule has 0 saturated heterocycles. The highest BCUT2D eigenvalue weighted by molar-refractivity contribution is 6.22. The first-order chi connectivity index (χ1) is 8.89. The summed E-state index contributed by atoms with van der Waals surface area (Å²) < 4.78 is 5.58. The molecule has 1 heterocycles. The summed E-state index contributed by atoms with van der Waals surface area (Å²) >= 11 is 5.88. The van der Waals surface area contributed by atoms with Crippen LogP contribution >= 0.6 is 11.6 Å². The number of carbonyl (C=O) groups is 1. The van der Waals surface area contributed by atoms with Crippen molar-refractivity contribution in [2.45, 2.75) is 57.7 Å². The first kappa shape index (κ1) is 13.4. The van der Waals surface area contributed by atoms with Crippen LogP contribution in [0.15, 0.2) is 11.1 Å². The Hall–Kier alpha value is -0.540. The number of ether oxygens (including phenoxy) is 1. The number of hydrogen-bond acceptors (Lipinski definition) is 3. The van der Waals surface area contributed by atoms with Gasteiger partial charge in [0.15, 0.2) is 0 Å². The Morgan fingerprint density at radius 3 is 2.79 bits per heavy atom. The SMILES string of the molecule is C[C@]12CCC[C@@](C)(O)[C@@H]1[C@H]1OC(=O)C(CCl)=C1CC2. The molecular weight excluding hydrogens is 264 g/mol. The number of alkyl halides is 1. The Morgan fingerprint density at radius 2 is 2.11 bits per heavy atom. The lowest BCUT2D eigenvalue weighted by Gasteiger charge is -2.54. The molecule has 0 aromatic rings. The molecule has 2 aliphatic carbocycles. The van der Waals surface area contributed by atoms with Gasteiger partial charge in [0.1, 0.15) is 6.10 Å². The van der Waals surface area contributed by atoms with Gasteiger partial charge in [-0.15, -0.1) is 11.6 Å². The average molecular weight is 285 g/mol. The van der Waals surface area contributed by atoms with Gasteiger partial charge in [-0.2, -0.15) is 0 Å². The minimum atomic E-state index is -0.759. The van der Waals surface area contributed by atoms with E-state index in [1.165, 1.54) is 0 Å². The highest BCUT2D eigenvalue weighted by Gasteiger charge is 2.58. The molecular formula is C15H21ClO3. The Labute approximate surface area is 119 Å². The largest absolute Gasteiger partial charge is 0.454 e. The second-order valence-corrected chi connectivity index (χ2v) is 7.07. The van der Waals surface area contributed by atoms with Crippen LogP contribution in [0, 0.1) is 11.3 Å². The fraction of sp³-hybridized carbons (Fsp3) is 0.800. The molecule has 4 heteroatoms. The van der Waals surface area contributed by atoms with Crippen LogP contribution in [0.1, 0.15) is 46.0 Å². The molecule has 0 radical (unpaired) electrons. The molecule has 4 atom stereocenters. The highest BCUT2D eigenvalue weighted by Crippen LogP contribution is 2.57. The topological polar surface area (TPSA) is 46.5 Å². The van der Waals surface area contributed by atoms with Crippen LogP contribution in [0.2, 0.25) is 0 Å². The van der Waals surface area contributed by atoms with E-state index >= 15 is 0 Å². The second kappa shape index (κ2) is 4.23. The Kier molecular flexibility index (Phi) is 2.99. The lowest BCUT2D eigenvalue weighted by molar-refractivity contribution is -0.169. The molecule has 0 bridgehead atoms. The van der Waals surface area contributed by atoms with Crippen molar-refractivity contribution in [3.63, 3.8) is 0 Å². The molecule has 0 aromatic carbocycles. The van der Waals surface area contributed by atoms with Crippen molar-refractivity contribution in [3.05, 3.63) is 11.1 Å². The van der Waals surface area contributed by atoms with Gasteiger partial charge in [-0.05, 0) is 43.6 Å². The molecule has 1 N–H and O–H groups in total. The quantitative estimate of drug-likeness (QED) is 0.595. The van der Waals surface area contributed by atoms with Crippen molar-refractivity contribution in [1.29, 1.82) is 0 Å². The molecule has 0 unspecified atom stereocenters. The summed E-state index contributed by atoms with van der Waals surface area (Å²) in [5.41, 5.74) is 0.989. The minimum Gasteiger partial charge on any atom is -0.454 e. The molecule has 3 aliphatic rings. The van der Waals surface area contributed by atoms with E-state index in [4.69, 9.17) is 16.3 Å². The van der Waals surface area contributed by atoms with Crippen LogP contribution in [0.4, 0.5) is 0 Å². The average Bonchev–Trinajstić information content (AvgIpc) is 2.62. The van der Waals surface area contributed by atoms with Gasteiger partial charge >= 0.3 is 5.97 Å². The fourth-order valence-corrected chi connectivity index (χ4v) is 4.85. The first-order valence-electron chi connectivity index (χ1n) is 7.10. The highest BCUT2D eigenvalue weighted by atomic mass is 35.5. The zero-order valence-corrected chi connectivity index (χ0v) is 12.3. The fourth-order valence-electron chi connectivity index (χ4n) is 4.57. The van der Waals surface area contributed by atoms with Crippen molar-refractivity contribution in [2.24, 2.45) is 11.3 Å². The molecule has 1 aliphatic heterocycles. The van der Waals surface area contributed by atoms with E-state index in [2.05, 4.69) is 6.92 Å². The third-order valence-electron chi connectivity index (χ3n) is 5.46. The van der Waals surface area contributed by atoms with Gasteiger partial charge in [0.05, 0.1) is 17.1 Å². The third kappa shape index (κ3) is 1.85. The van der Waals surface area contributed by atoms with Crippen LogP contribution in [-0.2, 0) is 9.53 Å². The van der Waals surface area contributed by atoms with Gasteiger partial charge in [0.25, 0.3) is 0 Å². The van der Waals surface area contributed by atoms with Crippen LogP contribution in [0.25, 0.3) is 0 Å². The summed E-state index contributed by atoms with van der Waals surface area (Å²) in [6.07, 6.45) is 4.56. The molecule has 0 spiro atoms. The van der Waals surface area contributed by atoms with Crippen molar-refractivity contribution >= 4 is 17.6 Å². The van der Waals surface area contributed by atoms with Crippen molar-refractivity contribution in [1.82, 2.24) is 0 Å². The number of halogens is 1. The van der Waals surface area contributed by atoms with Crippen LogP contribution in [0.3, 0.4) is 0 Å². The molecule has 19 heavy (non-hydrogen) atoms. The van der Waals surface area contributed by atoms with E-state index in [1.807, 2.05) is 6.92 Å². The van der Waals surface area contributed by atoms with Gasteiger partial charge in [-0.25, -0.2) is 4.79 Å². The number of hydrogen-bond donors (Lipinski definition) is 1. The molecule has 106 valence electrons. The zero-order valence-electron chi connectivity index (χ0n) is 11.5. The lowest BCUT2D eigenvalue weighted by atomic mass is 9.53. The maximum absolute atomic E-state index is 11.9. The molecule has 0 amide bonds. The van der Waals surface area contributed by atoms with Crippen LogP contribution in [-0.4, -0.2) is 28.7 Å². The van der Waals surface area contributed by atoms with E-state index in [-0.39, 0.29) is 29.3 Å². The normalized spacial score (nSPS) is 45.8. The number of fused-ring (bicyclic) bond motifs is 3. The van der Waals surface area contributed by atoms with Crippen molar-refractivity contribution in [2.75, 3.05) is 5.88 Å². The summed E-state index contributed by atoms with van der Waals surface area (Å²) in [4.78, 5) is 11.9. The molecule has 3 nitrogen and oxygen atoms in total. The Bertz CT molecular complexity index is 454. The van der Waals surface area contributed by atoms with Crippen molar-refractivity contribution in [3.8, 4) is 0 Å². The maximum Gasteiger partial charge on any atom is 0.335 e. The van der Waals surface area contributed by atoms with E-state index in [0.29, 0.717) is 5.57 Å². The standard InChI is InChI=1S/C15H21ClO3/c1-14-5-3-6-15(2,18)12(14)11-9(4-7-14)10(8-16)13(17)19-11/h11-12,18H,3-8H2,1-2H3/t11-,12+,14+,15+/m0/s1. The third-order valence-corrected chi connectivity index (χ3v) is 5.73. The summed E-state index contributed by atoms with van der Waals surface area (Å²) in [7, 11) is 0. The summed E-state index contributed by atoms with van der Waals surface area (Å²) in [6, 6.07) is 0. The van der Waals surface area contributed by atoms with Crippen LogP contribution < -0.4 is 0 Å². The van der Waals surface area contributed by atoms with Gasteiger partial charge in [-0.1, -0.05) is 13.3 Å². The zero-order chi connectivity index (χ0) is 13.8. The van der Waals surface area contributed by atoms with Gasteiger partial charge in [0.2, 0.25) is 0 Å². The van der Waals surface area contributed by atoms with Gasteiger partial charge in [-0.3, -0.25) is 0 Å². The molecule has 3 rings (SSSR count). The van der Waals surface area contributed by atoms with Gasteiger partial charge in [0, 0.05) is 5.92 Å². The summed E-state index contributed by atoms with van der Waals surface area (Å²) in [5.74, 6) is -0.0567. The Morgan fingerprint density at radius 1 is 1.37 bits per heavy atom. The predicted molar refractivity (Wildman–Crippen MR) is 72.9 cm³/mol. The lowest BCUT2D eigenvalue weighted by Crippen LogP contribution is -2.56. The van der Waals surface area contributed by atoms with E-state index in [9.17, 15) is 9.90 Å². The predicted octanol–water partition coefficient (Wildman–Crippen LogP) is 2.80. The summed E-state index contributed by atoms with van der Waals surface area (Å²) in [5, 5.41) is 10.8. The minimum absolute atomic E-state index is 0.00201. The number of aliphatic hydroxyl groups is 1. The number of rotatable bonds is 1. The van der Waals surface area contributed by atoms with E-state index < -0.39 is 5.60 Å². The number of esters is 1. The Balaban J connectivity index is 2.04. The number of carbonyl (C=O) groups excluding carboxylic acids is 1. The summed E-state index contributed by atoms with van der Waals surface area (Å²) in [6.45, 7) is 4.12. The smallest absolute Gasteiger partial charge is 0.335 e. The van der Waals surface area contributed by atoms with E-state index in [0.717, 1.165) is 37.7 Å². The molecule has 0 aromatic heterocycles. The van der Waals surface area contributed by atoms with Gasteiger partial charge < -0.3 is 9.84 Å². The van der Waals surface area contributed by atoms with Crippen molar-refractivity contribution < 1.29 is 14.6 Å². The van der Waals surface area contributed by atoms with Crippen LogP contribution in [0.5, 0.6) is 0 Å². The monoisotopic (exact) mass is 284 g/mol.